The zero-order valence-corrected chi connectivity index (χ0v) is 18.6. The van der Waals surface area contributed by atoms with Crippen LogP contribution in [0.1, 0.15) is 49.6 Å². The van der Waals surface area contributed by atoms with Crippen LogP contribution < -0.4 is 0 Å². The second-order valence-corrected chi connectivity index (χ2v) is 7.77. The van der Waals surface area contributed by atoms with Crippen molar-refractivity contribution in [2.45, 2.75) is 39.0 Å². The second-order valence-electron chi connectivity index (χ2n) is 6.73. The number of aliphatic hydroxyl groups is 1. The molecule has 0 amide bonds. The fourth-order valence-corrected chi connectivity index (χ4v) is 4.33. The number of Topliss-reactive ketones (excluding diaryl/α,β-unsaturated/α-hetero) is 1. The number of carbonyl (C=O) groups excluding carboxylic acids is 1. The Morgan fingerprint density at radius 1 is 1.21 bits per heavy atom. The number of nitrogens with zero attached hydrogens (tertiary/aromatic N) is 2. The van der Waals surface area contributed by atoms with Crippen LogP contribution in [0.15, 0.2) is 51.5 Å². The predicted octanol–water partition coefficient (Wildman–Crippen LogP) is 5.28. The van der Waals surface area contributed by atoms with Crippen LogP contribution in [0.25, 0.3) is 11.3 Å². The van der Waals surface area contributed by atoms with Crippen LogP contribution >= 0.6 is 28.7 Å². The molecule has 0 saturated heterocycles. The van der Waals surface area contributed by atoms with Crippen LogP contribution in [0, 0.1) is 0 Å². The summed E-state index contributed by atoms with van der Waals surface area (Å²) in [5.74, 6) is 1.07. The molecule has 0 spiro atoms. The number of carbonyl (C=O) groups is 1. The van der Waals surface area contributed by atoms with E-state index in [-0.39, 0.29) is 29.4 Å². The maximum absolute atomic E-state index is 12.6. The van der Waals surface area contributed by atoms with Gasteiger partial charge in [0, 0.05) is 28.8 Å². The van der Waals surface area contributed by atoms with Crippen molar-refractivity contribution in [1.82, 2.24) is 10.1 Å². The minimum atomic E-state index is -0.0474. The smallest absolute Gasteiger partial charge is 0.220 e. The molecule has 0 saturated carbocycles. The number of allylic oxidation sites excluding steroid dienone is 2. The van der Waals surface area contributed by atoms with Gasteiger partial charge in [0.05, 0.1) is 12.4 Å². The molecule has 1 N–H and O–H groups in total. The van der Waals surface area contributed by atoms with Crippen LogP contribution in [-0.4, -0.2) is 40.0 Å². The van der Waals surface area contributed by atoms with Gasteiger partial charge in [-0.15, -0.1) is 28.7 Å². The number of rotatable bonds is 10. The van der Waals surface area contributed by atoms with Gasteiger partial charge in [0.15, 0.2) is 0 Å². The van der Waals surface area contributed by atoms with E-state index in [2.05, 4.69) is 17.0 Å². The third-order valence-corrected chi connectivity index (χ3v) is 6.06. The molecular formula is C21H27BrN2O3S. The van der Waals surface area contributed by atoms with E-state index in [1.54, 1.807) is 6.07 Å². The highest BCUT2D eigenvalue weighted by Crippen LogP contribution is 2.35. The van der Waals surface area contributed by atoms with Crippen molar-refractivity contribution >= 4 is 34.5 Å². The number of thioether (sulfide) groups is 1. The molecule has 0 aliphatic carbocycles. The van der Waals surface area contributed by atoms with Gasteiger partial charge >= 0.3 is 0 Å². The Morgan fingerprint density at radius 3 is 2.71 bits per heavy atom. The SMILES string of the molecule is Br.CC1=C(CCCCCCO)SCN1CC(=O)c1cc(-c2ccccc2)no1. The molecule has 0 fully saturated rings. The summed E-state index contributed by atoms with van der Waals surface area (Å²) in [7, 11) is 0. The molecule has 7 heteroatoms. The van der Waals surface area contributed by atoms with E-state index >= 15 is 0 Å². The number of unbranched alkanes of at least 4 members (excludes halogenated alkanes) is 3. The largest absolute Gasteiger partial charge is 0.396 e. The summed E-state index contributed by atoms with van der Waals surface area (Å²) in [5.41, 5.74) is 2.82. The molecule has 28 heavy (non-hydrogen) atoms. The Labute approximate surface area is 180 Å². The van der Waals surface area contributed by atoms with Crippen LogP contribution in [0.2, 0.25) is 0 Å². The van der Waals surface area contributed by atoms with Gasteiger partial charge in [-0.3, -0.25) is 4.79 Å². The molecule has 152 valence electrons. The lowest BCUT2D eigenvalue weighted by atomic mass is 10.1. The average Bonchev–Trinajstić information content (AvgIpc) is 3.31. The Balaban J connectivity index is 0.00000280. The minimum Gasteiger partial charge on any atom is -0.396 e. The highest BCUT2D eigenvalue weighted by molar-refractivity contribution is 8.93. The quantitative estimate of drug-likeness (QED) is 0.379. The van der Waals surface area contributed by atoms with Crippen LogP contribution in [-0.2, 0) is 0 Å². The first-order chi connectivity index (χ1) is 13.2. The molecular weight excluding hydrogens is 440 g/mol. The number of halogens is 1. The van der Waals surface area contributed by atoms with E-state index in [4.69, 9.17) is 9.63 Å². The molecule has 1 aliphatic heterocycles. The van der Waals surface area contributed by atoms with Gasteiger partial charge in [-0.2, -0.15) is 0 Å². The van der Waals surface area contributed by atoms with Crippen molar-refractivity contribution in [1.29, 1.82) is 0 Å². The molecule has 0 atom stereocenters. The molecule has 2 aromatic rings. The van der Waals surface area contributed by atoms with E-state index in [1.807, 2.05) is 42.1 Å². The van der Waals surface area contributed by atoms with E-state index in [1.165, 1.54) is 10.6 Å². The number of hydrogen-bond acceptors (Lipinski definition) is 6. The zero-order valence-electron chi connectivity index (χ0n) is 16.1. The minimum absolute atomic E-state index is 0. The van der Waals surface area contributed by atoms with Crippen molar-refractivity contribution in [3.05, 3.63) is 52.8 Å². The van der Waals surface area contributed by atoms with Crippen molar-refractivity contribution < 1.29 is 14.4 Å². The predicted molar refractivity (Wildman–Crippen MR) is 119 cm³/mol. The van der Waals surface area contributed by atoms with Gasteiger partial charge in [-0.1, -0.05) is 48.3 Å². The van der Waals surface area contributed by atoms with Crippen molar-refractivity contribution in [3.8, 4) is 11.3 Å². The van der Waals surface area contributed by atoms with Crippen LogP contribution in [0.5, 0.6) is 0 Å². The topological polar surface area (TPSA) is 66.6 Å². The Hall–Kier alpha value is -1.57. The lowest BCUT2D eigenvalue weighted by Gasteiger charge is -2.17. The highest BCUT2D eigenvalue weighted by atomic mass is 79.9. The van der Waals surface area contributed by atoms with E-state index in [9.17, 15) is 4.79 Å². The third kappa shape index (κ3) is 5.96. The van der Waals surface area contributed by atoms with Gasteiger partial charge in [-0.25, -0.2) is 0 Å². The molecule has 3 rings (SSSR count). The normalized spacial score (nSPS) is 13.7. The average molecular weight is 467 g/mol. The summed E-state index contributed by atoms with van der Waals surface area (Å²) >= 11 is 1.82. The maximum atomic E-state index is 12.6. The van der Waals surface area contributed by atoms with Crippen molar-refractivity contribution in [2.75, 3.05) is 19.0 Å². The fraction of sp³-hybridized carbons (Fsp3) is 0.429. The van der Waals surface area contributed by atoms with Gasteiger partial charge in [0.25, 0.3) is 0 Å². The molecule has 1 aliphatic rings. The van der Waals surface area contributed by atoms with Gasteiger partial charge in [-0.05, 0) is 26.2 Å². The molecule has 2 heterocycles. The van der Waals surface area contributed by atoms with Crippen LogP contribution in [0.4, 0.5) is 0 Å². The molecule has 0 radical (unpaired) electrons. The van der Waals surface area contributed by atoms with Gasteiger partial charge in [0.2, 0.25) is 11.5 Å². The fourth-order valence-electron chi connectivity index (χ4n) is 3.10. The number of aliphatic hydroxyl groups excluding tert-OH is 1. The number of aromatic nitrogens is 1. The van der Waals surface area contributed by atoms with E-state index < -0.39 is 0 Å². The summed E-state index contributed by atoms with van der Waals surface area (Å²) in [6.07, 6.45) is 5.27. The highest BCUT2D eigenvalue weighted by Gasteiger charge is 2.24. The number of ketones is 1. The third-order valence-electron chi connectivity index (χ3n) is 4.77. The Morgan fingerprint density at radius 2 is 1.96 bits per heavy atom. The first kappa shape index (κ1) is 22.7. The molecule has 1 aromatic heterocycles. The second kappa shape index (κ2) is 11.4. The van der Waals surface area contributed by atoms with E-state index in [0.29, 0.717) is 18.0 Å². The molecule has 1 aromatic carbocycles. The Bertz CT molecular complexity index is 792. The summed E-state index contributed by atoms with van der Waals surface area (Å²) in [5, 5.41) is 12.9. The summed E-state index contributed by atoms with van der Waals surface area (Å²) in [6, 6.07) is 11.4. The first-order valence-corrected chi connectivity index (χ1v) is 10.4. The molecule has 5 nitrogen and oxygen atoms in total. The summed E-state index contributed by atoms with van der Waals surface area (Å²) < 4.78 is 5.29. The summed E-state index contributed by atoms with van der Waals surface area (Å²) in [6.45, 7) is 2.68. The number of benzene rings is 1. The summed E-state index contributed by atoms with van der Waals surface area (Å²) in [4.78, 5) is 16.1. The number of hydrogen-bond donors (Lipinski definition) is 1. The van der Waals surface area contributed by atoms with Gasteiger partial charge in [0.1, 0.15) is 5.69 Å². The monoisotopic (exact) mass is 466 g/mol. The van der Waals surface area contributed by atoms with Crippen LogP contribution in [0.3, 0.4) is 0 Å². The molecule has 0 bridgehead atoms. The lowest BCUT2D eigenvalue weighted by molar-refractivity contribution is 0.0922. The van der Waals surface area contributed by atoms with Crippen molar-refractivity contribution in [2.24, 2.45) is 0 Å². The maximum Gasteiger partial charge on any atom is 0.220 e. The van der Waals surface area contributed by atoms with Gasteiger partial charge < -0.3 is 14.5 Å². The van der Waals surface area contributed by atoms with E-state index in [0.717, 1.165) is 43.5 Å². The lowest BCUT2D eigenvalue weighted by Crippen LogP contribution is -2.25. The zero-order chi connectivity index (χ0) is 19.1. The molecule has 0 unspecified atom stereocenters. The Kier molecular flexibility index (Phi) is 9.28. The first-order valence-electron chi connectivity index (χ1n) is 9.42. The van der Waals surface area contributed by atoms with Crippen molar-refractivity contribution in [3.63, 3.8) is 0 Å². The standard InChI is InChI=1S/C21H26N2O3S.BrH/c1-16-21(11-7-2-3-8-12-24)27-15-23(16)14-19(25)20-13-18(22-26-20)17-9-5-4-6-10-17;/h4-6,9-10,13,24H,2-3,7-8,11-12,14-15H2,1H3;1H.